The number of hydrogen-bond donors (Lipinski definition) is 1. The third-order valence-corrected chi connectivity index (χ3v) is 7.06. The molecular weight excluding hydrogens is 495 g/mol. The molecule has 1 fully saturated rings. The lowest BCUT2D eigenvalue weighted by molar-refractivity contribution is 0.0130. The number of nitrogens with zero attached hydrogens (tertiary/aromatic N) is 5. The molecule has 5 rings (SSSR count). The van der Waals surface area contributed by atoms with Gasteiger partial charge in [0, 0.05) is 47.1 Å². The molecule has 2 aromatic carbocycles. The Bertz CT molecular complexity index is 1510. The number of amides is 1. The van der Waals surface area contributed by atoms with Crippen LogP contribution in [0.2, 0.25) is 5.02 Å². The molecule has 1 aliphatic rings. The molecule has 0 saturated carbocycles. The molecule has 4 aromatic rings. The highest BCUT2D eigenvalue weighted by Gasteiger charge is 2.36. The molecular formula is C27H30ClFN6O2. The molecule has 1 N–H and O–H groups in total. The average molecular weight is 525 g/mol. The van der Waals surface area contributed by atoms with Gasteiger partial charge in [0.25, 0.3) is 0 Å². The number of nitrogens with one attached hydrogen (secondary N) is 1. The van der Waals surface area contributed by atoms with Gasteiger partial charge in [-0.3, -0.25) is 5.10 Å². The van der Waals surface area contributed by atoms with Gasteiger partial charge in [-0.1, -0.05) is 23.7 Å². The van der Waals surface area contributed by atoms with Gasteiger partial charge in [-0.15, -0.1) is 0 Å². The SMILES string of the molecule is Cc1ccc2cn[nH]c2c1-c1c(Cl)cc2c(N3C[C@@H](C)N(C(=O)OC(C)(C)C)C[C@@H]3C)ncnc2c1F. The molecule has 10 heteroatoms. The Kier molecular flexibility index (Phi) is 6.22. The first-order valence-electron chi connectivity index (χ1n) is 12.3. The fourth-order valence-corrected chi connectivity index (χ4v) is 5.30. The summed E-state index contributed by atoms with van der Waals surface area (Å²) in [5, 5.41) is 8.74. The summed E-state index contributed by atoms with van der Waals surface area (Å²) in [6.45, 7) is 12.4. The van der Waals surface area contributed by atoms with Gasteiger partial charge in [-0.2, -0.15) is 5.10 Å². The van der Waals surface area contributed by atoms with Crippen LogP contribution in [0.5, 0.6) is 0 Å². The van der Waals surface area contributed by atoms with Crippen molar-refractivity contribution in [3.63, 3.8) is 0 Å². The van der Waals surface area contributed by atoms with E-state index in [9.17, 15) is 4.79 Å². The van der Waals surface area contributed by atoms with Crippen LogP contribution in [-0.4, -0.2) is 61.9 Å². The Morgan fingerprint density at radius 3 is 2.65 bits per heavy atom. The van der Waals surface area contributed by atoms with E-state index in [4.69, 9.17) is 16.3 Å². The number of aromatic amines is 1. The number of carbonyl (C=O) groups is 1. The van der Waals surface area contributed by atoms with E-state index < -0.39 is 11.4 Å². The first-order valence-corrected chi connectivity index (χ1v) is 12.7. The van der Waals surface area contributed by atoms with Crippen LogP contribution in [0.1, 0.15) is 40.2 Å². The number of hydrogen-bond acceptors (Lipinski definition) is 6. The van der Waals surface area contributed by atoms with Crippen LogP contribution in [0, 0.1) is 12.7 Å². The summed E-state index contributed by atoms with van der Waals surface area (Å²) in [6, 6.07) is 5.35. The van der Waals surface area contributed by atoms with E-state index in [1.54, 1.807) is 17.2 Å². The van der Waals surface area contributed by atoms with E-state index in [1.807, 2.05) is 53.7 Å². The molecule has 37 heavy (non-hydrogen) atoms. The van der Waals surface area contributed by atoms with Crippen molar-refractivity contribution in [2.45, 2.75) is 59.2 Å². The molecule has 1 amide bonds. The van der Waals surface area contributed by atoms with E-state index in [0.717, 1.165) is 16.5 Å². The van der Waals surface area contributed by atoms with Crippen molar-refractivity contribution in [2.24, 2.45) is 0 Å². The van der Waals surface area contributed by atoms with Crippen LogP contribution < -0.4 is 4.90 Å². The summed E-state index contributed by atoms with van der Waals surface area (Å²) in [6.07, 6.45) is 2.73. The lowest BCUT2D eigenvalue weighted by Gasteiger charge is -2.44. The molecule has 8 nitrogen and oxygen atoms in total. The quantitative estimate of drug-likeness (QED) is 0.340. The normalized spacial score (nSPS) is 18.6. The predicted octanol–water partition coefficient (Wildman–Crippen LogP) is 6.11. The number of aromatic nitrogens is 4. The number of anilines is 1. The maximum absolute atomic E-state index is 16.2. The van der Waals surface area contributed by atoms with Crippen molar-refractivity contribution in [1.82, 2.24) is 25.1 Å². The number of fused-ring (bicyclic) bond motifs is 2. The molecule has 194 valence electrons. The van der Waals surface area contributed by atoms with Crippen molar-refractivity contribution in [3.05, 3.63) is 47.1 Å². The number of carbonyl (C=O) groups excluding carboxylic acids is 1. The summed E-state index contributed by atoms with van der Waals surface area (Å²) in [4.78, 5) is 25.4. The zero-order chi connectivity index (χ0) is 26.6. The first kappa shape index (κ1) is 25.2. The van der Waals surface area contributed by atoms with Crippen LogP contribution in [0.4, 0.5) is 15.0 Å². The largest absolute Gasteiger partial charge is 0.444 e. The second kappa shape index (κ2) is 9.13. The minimum absolute atomic E-state index is 0.0932. The van der Waals surface area contributed by atoms with Gasteiger partial charge in [0.05, 0.1) is 16.7 Å². The highest BCUT2D eigenvalue weighted by Crippen LogP contribution is 2.41. The topological polar surface area (TPSA) is 87.2 Å². The fourth-order valence-electron chi connectivity index (χ4n) is 5.01. The minimum atomic E-state index is -0.578. The number of rotatable bonds is 2. The summed E-state index contributed by atoms with van der Waals surface area (Å²) >= 11 is 6.77. The maximum Gasteiger partial charge on any atom is 0.410 e. The number of aryl methyl sites for hydroxylation is 1. The van der Waals surface area contributed by atoms with Crippen LogP contribution in [0.15, 0.2) is 30.7 Å². The Morgan fingerprint density at radius 1 is 1.16 bits per heavy atom. The van der Waals surface area contributed by atoms with Gasteiger partial charge in [-0.05, 0) is 53.2 Å². The third kappa shape index (κ3) is 4.45. The number of halogens is 2. The van der Waals surface area contributed by atoms with Crippen LogP contribution >= 0.6 is 11.6 Å². The molecule has 0 unspecified atom stereocenters. The Hall–Kier alpha value is -3.46. The highest BCUT2D eigenvalue weighted by molar-refractivity contribution is 6.35. The van der Waals surface area contributed by atoms with Gasteiger partial charge in [0.2, 0.25) is 0 Å². The zero-order valence-corrected chi connectivity index (χ0v) is 22.5. The van der Waals surface area contributed by atoms with Gasteiger partial charge in [0.15, 0.2) is 5.82 Å². The molecule has 2 atom stereocenters. The number of piperazine rings is 1. The predicted molar refractivity (Wildman–Crippen MR) is 144 cm³/mol. The molecule has 2 aromatic heterocycles. The first-order chi connectivity index (χ1) is 17.5. The van der Waals surface area contributed by atoms with E-state index in [0.29, 0.717) is 29.9 Å². The Labute approximate surface area is 219 Å². The van der Waals surface area contributed by atoms with E-state index in [1.165, 1.54) is 6.33 Å². The lowest BCUT2D eigenvalue weighted by Crippen LogP contribution is -2.59. The van der Waals surface area contributed by atoms with Crippen molar-refractivity contribution in [3.8, 4) is 11.1 Å². The van der Waals surface area contributed by atoms with Crippen LogP contribution in [-0.2, 0) is 4.74 Å². The van der Waals surface area contributed by atoms with E-state index >= 15 is 4.39 Å². The van der Waals surface area contributed by atoms with Crippen molar-refractivity contribution in [2.75, 3.05) is 18.0 Å². The molecule has 0 bridgehead atoms. The standard InChI is InChI=1S/C27H30ClFN6O2/c1-14-7-8-17-10-32-33-23(17)20(14)21-19(28)9-18-24(22(21)29)30-13-31-25(18)34-11-16(3)35(12-15(34)2)26(36)37-27(4,5)6/h7-10,13,15-16H,11-12H2,1-6H3,(H,32,33)/t15-,16+/m0/s1. The monoisotopic (exact) mass is 524 g/mol. The number of H-pyrrole nitrogens is 1. The number of ether oxygens (including phenoxy) is 1. The van der Waals surface area contributed by atoms with Gasteiger partial charge in [-0.25, -0.2) is 19.2 Å². The fraction of sp³-hybridized carbons (Fsp3) is 0.407. The molecule has 1 saturated heterocycles. The van der Waals surface area contributed by atoms with E-state index in [-0.39, 0.29) is 34.3 Å². The van der Waals surface area contributed by atoms with Gasteiger partial charge < -0.3 is 14.5 Å². The van der Waals surface area contributed by atoms with Crippen molar-refractivity contribution >= 4 is 45.3 Å². The summed E-state index contributed by atoms with van der Waals surface area (Å²) in [7, 11) is 0. The Balaban J connectivity index is 1.56. The lowest BCUT2D eigenvalue weighted by atomic mass is 9.96. The summed E-state index contributed by atoms with van der Waals surface area (Å²) < 4.78 is 21.8. The minimum Gasteiger partial charge on any atom is -0.444 e. The molecule has 3 heterocycles. The van der Waals surface area contributed by atoms with Crippen molar-refractivity contribution < 1.29 is 13.9 Å². The van der Waals surface area contributed by atoms with Gasteiger partial charge >= 0.3 is 6.09 Å². The van der Waals surface area contributed by atoms with Crippen molar-refractivity contribution in [1.29, 1.82) is 0 Å². The summed E-state index contributed by atoms with van der Waals surface area (Å²) in [5.41, 5.74) is 2.14. The molecule has 0 spiro atoms. The number of benzene rings is 2. The average Bonchev–Trinajstić information content (AvgIpc) is 3.29. The van der Waals surface area contributed by atoms with Crippen LogP contribution in [0.3, 0.4) is 0 Å². The second-order valence-corrected chi connectivity index (χ2v) is 11.1. The van der Waals surface area contributed by atoms with Gasteiger partial charge in [0.1, 0.15) is 23.3 Å². The van der Waals surface area contributed by atoms with E-state index in [2.05, 4.69) is 25.1 Å². The maximum atomic E-state index is 16.2. The highest BCUT2D eigenvalue weighted by atomic mass is 35.5. The molecule has 0 aliphatic carbocycles. The molecule has 1 aliphatic heterocycles. The summed E-state index contributed by atoms with van der Waals surface area (Å²) in [5.74, 6) is 0.0708. The zero-order valence-electron chi connectivity index (χ0n) is 21.8. The smallest absolute Gasteiger partial charge is 0.410 e. The Morgan fingerprint density at radius 2 is 1.92 bits per heavy atom. The van der Waals surface area contributed by atoms with Crippen LogP contribution in [0.25, 0.3) is 32.9 Å². The second-order valence-electron chi connectivity index (χ2n) is 10.7. The third-order valence-electron chi connectivity index (χ3n) is 6.76. The molecule has 0 radical (unpaired) electrons.